The van der Waals surface area contributed by atoms with Crippen LogP contribution in [-0.4, -0.2) is 34.6 Å². The molecule has 0 saturated heterocycles. The average Bonchev–Trinajstić information content (AvgIpc) is 2.66. The minimum absolute atomic E-state index is 0.287. The highest BCUT2D eigenvalue weighted by atomic mass is 16.5. The molecule has 128 valence electrons. The SMILES string of the molecule is COC(=O)C(=O)C1CCc2cc(OCc3cncnc3)ccc2C1=O. The molecule has 1 heterocycles. The third-order valence-electron chi connectivity index (χ3n) is 4.08. The van der Waals surface area contributed by atoms with E-state index in [9.17, 15) is 14.4 Å². The number of rotatable bonds is 5. The molecule has 0 aliphatic heterocycles. The van der Waals surface area contributed by atoms with Gasteiger partial charge in [0.25, 0.3) is 5.78 Å². The molecule has 1 aromatic carbocycles. The summed E-state index contributed by atoms with van der Waals surface area (Å²) in [6, 6.07) is 5.09. The molecule has 0 saturated carbocycles. The van der Waals surface area contributed by atoms with Gasteiger partial charge in [0.15, 0.2) is 5.78 Å². The lowest BCUT2D eigenvalue weighted by atomic mass is 9.80. The molecular formula is C18H16N2O5. The molecule has 7 heteroatoms. The van der Waals surface area contributed by atoms with E-state index in [2.05, 4.69) is 14.7 Å². The first kappa shape index (κ1) is 16.8. The van der Waals surface area contributed by atoms with Crippen molar-refractivity contribution in [2.75, 3.05) is 7.11 Å². The van der Waals surface area contributed by atoms with E-state index >= 15 is 0 Å². The Kier molecular flexibility index (Phi) is 4.83. The van der Waals surface area contributed by atoms with Crippen LogP contribution in [-0.2, 0) is 27.4 Å². The highest BCUT2D eigenvalue weighted by molar-refractivity contribution is 6.39. The maximum Gasteiger partial charge on any atom is 0.375 e. The quantitative estimate of drug-likeness (QED) is 0.463. The highest BCUT2D eigenvalue weighted by Gasteiger charge is 2.36. The number of benzene rings is 1. The highest BCUT2D eigenvalue weighted by Crippen LogP contribution is 2.29. The number of Topliss-reactive ketones (excluding diaryl/α,β-unsaturated/α-hetero) is 2. The number of esters is 1. The number of hydrogen-bond donors (Lipinski definition) is 0. The van der Waals surface area contributed by atoms with Gasteiger partial charge in [0.2, 0.25) is 0 Å². The second kappa shape index (κ2) is 7.21. The lowest BCUT2D eigenvalue weighted by molar-refractivity contribution is -0.153. The number of carbonyl (C=O) groups excluding carboxylic acids is 3. The fourth-order valence-corrected chi connectivity index (χ4v) is 2.79. The Hall–Kier alpha value is -3.09. The summed E-state index contributed by atoms with van der Waals surface area (Å²) in [6.07, 6.45) is 5.58. The fraction of sp³-hybridized carbons (Fsp3) is 0.278. The van der Waals surface area contributed by atoms with Gasteiger partial charge in [0, 0.05) is 23.5 Å². The van der Waals surface area contributed by atoms with Gasteiger partial charge in [-0.05, 0) is 36.6 Å². The van der Waals surface area contributed by atoms with Crippen LogP contribution in [0.2, 0.25) is 0 Å². The van der Waals surface area contributed by atoms with E-state index < -0.39 is 17.7 Å². The van der Waals surface area contributed by atoms with E-state index in [0.29, 0.717) is 24.3 Å². The van der Waals surface area contributed by atoms with Gasteiger partial charge < -0.3 is 9.47 Å². The number of ketones is 2. The Morgan fingerprint density at radius 3 is 2.72 bits per heavy atom. The number of ether oxygens (including phenoxy) is 2. The van der Waals surface area contributed by atoms with Crippen molar-refractivity contribution in [3.05, 3.63) is 53.6 Å². The van der Waals surface area contributed by atoms with Crippen LogP contribution in [0.25, 0.3) is 0 Å². The first-order valence-electron chi connectivity index (χ1n) is 7.76. The molecule has 1 aliphatic rings. The van der Waals surface area contributed by atoms with E-state index in [0.717, 1.165) is 18.2 Å². The fourth-order valence-electron chi connectivity index (χ4n) is 2.79. The zero-order valence-electron chi connectivity index (χ0n) is 13.6. The van der Waals surface area contributed by atoms with Gasteiger partial charge in [0.05, 0.1) is 13.0 Å². The molecule has 0 bridgehead atoms. The molecule has 0 radical (unpaired) electrons. The summed E-state index contributed by atoms with van der Waals surface area (Å²) in [7, 11) is 1.13. The molecule has 0 fully saturated rings. The Morgan fingerprint density at radius 1 is 1.24 bits per heavy atom. The van der Waals surface area contributed by atoms with Gasteiger partial charge in [-0.2, -0.15) is 0 Å². The first-order valence-corrected chi connectivity index (χ1v) is 7.76. The number of fused-ring (bicyclic) bond motifs is 1. The summed E-state index contributed by atoms with van der Waals surface area (Å²) < 4.78 is 10.1. The second-order valence-corrected chi connectivity index (χ2v) is 5.67. The van der Waals surface area contributed by atoms with Crippen molar-refractivity contribution in [3.8, 4) is 5.75 Å². The predicted octanol–water partition coefficient (Wildman–Crippen LogP) is 1.54. The van der Waals surface area contributed by atoms with E-state index in [1.54, 1.807) is 30.6 Å². The Labute approximate surface area is 144 Å². The summed E-state index contributed by atoms with van der Waals surface area (Å²) >= 11 is 0. The van der Waals surface area contributed by atoms with Crippen LogP contribution in [0.4, 0.5) is 0 Å². The molecular weight excluding hydrogens is 324 g/mol. The zero-order valence-corrected chi connectivity index (χ0v) is 13.6. The Bertz CT molecular complexity index is 819. The largest absolute Gasteiger partial charge is 0.489 e. The molecule has 3 rings (SSSR count). The van der Waals surface area contributed by atoms with Gasteiger partial charge >= 0.3 is 5.97 Å². The van der Waals surface area contributed by atoms with Gasteiger partial charge in [0.1, 0.15) is 18.7 Å². The van der Waals surface area contributed by atoms with E-state index in [1.807, 2.05) is 0 Å². The van der Waals surface area contributed by atoms with Crippen molar-refractivity contribution in [2.24, 2.45) is 5.92 Å². The van der Waals surface area contributed by atoms with Crippen molar-refractivity contribution in [3.63, 3.8) is 0 Å². The number of carbonyl (C=O) groups is 3. The third kappa shape index (κ3) is 3.55. The Morgan fingerprint density at radius 2 is 2.00 bits per heavy atom. The molecule has 2 aromatic rings. The molecule has 0 amide bonds. The van der Waals surface area contributed by atoms with Gasteiger partial charge in [-0.1, -0.05) is 0 Å². The molecule has 25 heavy (non-hydrogen) atoms. The molecule has 1 atom stereocenters. The molecule has 0 N–H and O–H groups in total. The van der Waals surface area contributed by atoms with Crippen LogP contribution in [0.1, 0.15) is 27.9 Å². The van der Waals surface area contributed by atoms with Crippen LogP contribution >= 0.6 is 0 Å². The van der Waals surface area contributed by atoms with Crippen LogP contribution in [0.15, 0.2) is 36.9 Å². The van der Waals surface area contributed by atoms with E-state index in [4.69, 9.17) is 4.74 Å². The van der Waals surface area contributed by atoms with Crippen molar-refractivity contribution in [2.45, 2.75) is 19.4 Å². The average molecular weight is 340 g/mol. The van der Waals surface area contributed by atoms with Crippen LogP contribution in [0, 0.1) is 5.92 Å². The number of methoxy groups -OCH3 is 1. The monoisotopic (exact) mass is 340 g/mol. The van der Waals surface area contributed by atoms with Crippen LogP contribution < -0.4 is 4.74 Å². The van der Waals surface area contributed by atoms with E-state index in [1.165, 1.54) is 6.33 Å². The van der Waals surface area contributed by atoms with E-state index in [-0.39, 0.29) is 12.2 Å². The summed E-state index contributed by atoms with van der Waals surface area (Å²) in [6.45, 7) is 0.316. The Balaban J connectivity index is 1.73. The molecule has 0 spiro atoms. The second-order valence-electron chi connectivity index (χ2n) is 5.67. The molecule has 1 aromatic heterocycles. The summed E-state index contributed by atoms with van der Waals surface area (Å²) in [5.74, 6) is -2.46. The molecule has 1 unspecified atom stereocenters. The third-order valence-corrected chi connectivity index (χ3v) is 4.08. The number of aryl methyl sites for hydroxylation is 1. The first-order chi connectivity index (χ1) is 12.1. The minimum atomic E-state index is -0.980. The van der Waals surface area contributed by atoms with Gasteiger partial charge in [-0.25, -0.2) is 14.8 Å². The van der Waals surface area contributed by atoms with Gasteiger partial charge in [-0.15, -0.1) is 0 Å². The minimum Gasteiger partial charge on any atom is -0.489 e. The zero-order chi connectivity index (χ0) is 17.8. The lowest BCUT2D eigenvalue weighted by Gasteiger charge is -2.22. The van der Waals surface area contributed by atoms with Crippen molar-refractivity contribution in [1.29, 1.82) is 0 Å². The molecule has 1 aliphatic carbocycles. The van der Waals surface area contributed by atoms with Crippen molar-refractivity contribution in [1.82, 2.24) is 9.97 Å². The maximum atomic E-state index is 12.5. The topological polar surface area (TPSA) is 95.5 Å². The number of aromatic nitrogens is 2. The lowest BCUT2D eigenvalue weighted by Crippen LogP contribution is -2.34. The molecule has 7 nitrogen and oxygen atoms in total. The van der Waals surface area contributed by atoms with Crippen LogP contribution in [0.5, 0.6) is 5.75 Å². The smallest absolute Gasteiger partial charge is 0.375 e. The summed E-state index contributed by atoms with van der Waals surface area (Å²) in [4.78, 5) is 43.7. The van der Waals surface area contributed by atoms with Gasteiger partial charge in [-0.3, -0.25) is 9.59 Å². The number of hydrogen-bond acceptors (Lipinski definition) is 7. The maximum absolute atomic E-state index is 12.5. The summed E-state index contributed by atoms with van der Waals surface area (Å²) in [5, 5.41) is 0. The number of nitrogens with zero attached hydrogens (tertiary/aromatic N) is 2. The standard InChI is InChI=1S/C18H16N2O5/c1-24-18(23)17(22)15-4-2-12-6-13(3-5-14(12)16(15)21)25-9-11-7-19-10-20-8-11/h3,5-8,10,15H,2,4,9H2,1H3. The van der Waals surface area contributed by atoms with Crippen molar-refractivity contribution >= 4 is 17.5 Å². The predicted molar refractivity (Wildman–Crippen MR) is 86.0 cm³/mol. The summed E-state index contributed by atoms with van der Waals surface area (Å²) in [5.41, 5.74) is 2.09. The van der Waals surface area contributed by atoms with Crippen molar-refractivity contribution < 1.29 is 23.9 Å². The van der Waals surface area contributed by atoms with Crippen LogP contribution in [0.3, 0.4) is 0 Å². The normalized spacial score (nSPS) is 16.0.